The molecule has 2 aromatic heterocycles. The minimum Gasteiger partial charge on any atom is -0.292 e. The first-order chi connectivity index (χ1) is 14.7. The van der Waals surface area contributed by atoms with Crippen LogP contribution in [0.2, 0.25) is 5.02 Å². The molecule has 1 atom stereocenters. The smallest absolute Gasteiger partial charge is 0.186 e. The molecular weight excluding hydrogens is 394 g/mol. The lowest BCUT2D eigenvalue weighted by atomic mass is 9.79. The zero-order valence-corrected chi connectivity index (χ0v) is 16.9. The van der Waals surface area contributed by atoms with E-state index in [4.69, 9.17) is 11.6 Å². The molecule has 0 saturated carbocycles. The van der Waals surface area contributed by atoms with Crippen LogP contribution in [0.1, 0.15) is 28.0 Å². The fraction of sp³-hybridized carbons (Fsp3) is 0.160. The van der Waals surface area contributed by atoms with Crippen LogP contribution in [0.3, 0.4) is 0 Å². The summed E-state index contributed by atoms with van der Waals surface area (Å²) in [5, 5.41) is 10.0. The second-order valence-electron chi connectivity index (χ2n) is 7.99. The van der Waals surface area contributed by atoms with Crippen molar-refractivity contribution in [3.05, 3.63) is 88.8 Å². The molecule has 0 bridgehead atoms. The maximum Gasteiger partial charge on any atom is 0.186 e. The highest BCUT2D eigenvalue weighted by molar-refractivity contribution is 6.30. The summed E-state index contributed by atoms with van der Waals surface area (Å²) in [6.45, 7) is 0. The van der Waals surface area contributed by atoms with Crippen molar-refractivity contribution in [2.75, 3.05) is 0 Å². The minimum absolute atomic E-state index is 0.0595. The maximum absolute atomic E-state index is 13.2. The molecule has 2 heterocycles. The largest absolute Gasteiger partial charge is 0.292 e. The first kappa shape index (κ1) is 17.6. The van der Waals surface area contributed by atoms with Gasteiger partial charge in [0.2, 0.25) is 0 Å². The SMILES string of the molecule is O=C(c1cc2ncc(Cl)cn2n1)C1CCc2c(ccc3c2ccc2ccccc23)C1. The summed E-state index contributed by atoms with van der Waals surface area (Å²) >= 11 is 5.99. The number of halogens is 1. The fourth-order valence-corrected chi connectivity index (χ4v) is 4.92. The molecule has 0 spiro atoms. The molecule has 30 heavy (non-hydrogen) atoms. The first-order valence-corrected chi connectivity index (χ1v) is 10.5. The monoisotopic (exact) mass is 411 g/mol. The molecule has 5 heteroatoms. The van der Waals surface area contributed by atoms with Gasteiger partial charge in [0.15, 0.2) is 11.4 Å². The van der Waals surface area contributed by atoms with E-state index < -0.39 is 0 Å². The summed E-state index contributed by atoms with van der Waals surface area (Å²) in [7, 11) is 0. The number of benzene rings is 3. The van der Waals surface area contributed by atoms with Crippen LogP contribution in [0.15, 0.2) is 67.0 Å². The zero-order chi connectivity index (χ0) is 20.2. The number of hydrogen-bond donors (Lipinski definition) is 0. The number of Topliss-reactive ketones (excluding diaryl/α,β-unsaturated/α-hetero) is 1. The Bertz CT molecular complexity index is 1470. The van der Waals surface area contributed by atoms with Gasteiger partial charge >= 0.3 is 0 Å². The van der Waals surface area contributed by atoms with E-state index in [1.807, 2.05) is 0 Å². The van der Waals surface area contributed by atoms with Gasteiger partial charge in [0, 0.05) is 18.2 Å². The van der Waals surface area contributed by atoms with Crippen LogP contribution in [0.4, 0.5) is 0 Å². The molecule has 0 amide bonds. The standard InChI is InChI=1S/C25H18ClN3O/c26-18-13-27-24-12-23(28-29(24)14-18)25(30)17-7-8-20-16(11-17)6-10-21-19-4-2-1-3-15(19)5-9-22(20)21/h1-6,9-10,12-14,17H,7-8,11H2. The van der Waals surface area contributed by atoms with Gasteiger partial charge in [-0.2, -0.15) is 5.10 Å². The van der Waals surface area contributed by atoms with Gasteiger partial charge in [-0.3, -0.25) is 4.79 Å². The van der Waals surface area contributed by atoms with Gasteiger partial charge in [-0.15, -0.1) is 0 Å². The van der Waals surface area contributed by atoms with Gasteiger partial charge in [-0.25, -0.2) is 9.50 Å². The van der Waals surface area contributed by atoms with Gasteiger partial charge in [0.25, 0.3) is 0 Å². The van der Waals surface area contributed by atoms with E-state index in [2.05, 4.69) is 58.6 Å². The quantitative estimate of drug-likeness (QED) is 0.277. The summed E-state index contributed by atoms with van der Waals surface area (Å²) < 4.78 is 1.57. The first-order valence-electron chi connectivity index (χ1n) is 10.1. The Labute approximate surface area is 178 Å². The third kappa shape index (κ3) is 2.71. The Morgan fingerprint density at radius 2 is 1.90 bits per heavy atom. The van der Waals surface area contributed by atoms with Crippen molar-refractivity contribution in [3.8, 4) is 0 Å². The molecule has 0 aliphatic heterocycles. The third-order valence-electron chi connectivity index (χ3n) is 6.25. The summed E-state index contributed by atoms with van der Waals surface area (Å²) in [6, 6.07) is 19.1. The van der Waals surface area contributed by atoms with Crippen LogP contribution >= 0.6 is 11.6 Å². The lowest BCUT2D eigenvalue weighted by Crippen LogP contribution is -2.23. The number of carbonyl (C=O) groups excluding carboxylic acids is 1. The van der Waals surface area contributed by atoms with E-state index in [0.717, 1.165) is 19.3 Å². The summed E-state index contributed by atoms with van der Waals surface area (Å²) in [6.07, 6.45) is 5.73. The van der Waals surface area contributed by atoms with Crippen molar-refractivity contribution in [1.29, 1.82) is 0 Å². The van der Waals surface area contributed by atoms with Crippen LogP contribution in [-0.4, -0.2) is 20.4 Å². The number of carbonyl (C=O) groups is 1. The Kier molecular flexibility index (Phi) is 3.90. The molecular formula is C25H18ClN3O. The molecule has 0 saturated heterocycles. The van der Waals surface area contributed by atoms with Gasteiger partial charge in [-0.1, -0.05) is 60.1 Å². The van der Waals surface area contributed by atoms with E-state index in [9.17, 15) is 4.79 Å². The summed E-state index contributed by atoms with van der Waals surface area (Å²) in [5.41, 5.74) is 3.75. The van der Waals surface area contributed by atoms with Crippen molar-refractivity contribution in [3.63, 3.8) is 0 Å². The highest BCUT2D eigenvalue weighted by Gasteiger charge is 2.28. The van der Waals surface area contributed by atoms with E-state index in [1.165, 1.54) is 32.7 Å². The Hall–Kier alpha value is -3.24. The maximum atomic E-state index is 13.2. The van der Waals surface area contributed by atoms with E-state index in [1.54, 1.807) is 23.0 Å². The van der Waals surface area contributed by atoms with E-state index >= 15 is 0 Å². The molecule has 1 aliphatic rings. The molecule has 0 N–H and O–H groups in total. The predicted octanol–water partition coefficient (Wildman–Crippen LogP) is 5.68. The summed E-state index contributed by atoms with van der Waals surface area (Å²) in [4.78, 5) is 17.4. The molecule has 6 rings (SSSR count). The number of ketones is 1. The van der Waals surface area contributed by atoms with Crippen LogP contribution in [0.25, 0.3) is 27.2 Å². The third-order valence-corrected chi connectivity index (χ3v) is 6.44. The molecule has 5 aromatic rings. The van der Waals surface area contributed by atoms with Crippen molar-refractivity contribution >= 4 is 44.6 Å². The Morgan fingerprint density at radius 1 is 1.03 bits per heavy atom. The van der Waals surface area contributed by atoms with Gasteiger partial charge in [-0.05, 0) is 51.9 Å². The topological polar surface area (TPSA) is 47.3 Å². The van der Waals surface area contributed by atoms with E-state index in [0.29, 0.717) is 16.4 Å². The van der Waals surface area contributed by atoms with Crippen molar-refractivity contribution in [1.82, 2.24) is 14.6 Å². The van der Waals surface area contributed by atoms with Crippen LogP contribution < -0.4 is 0 Å². The average molecular weight is 412 g/mol. The lowest BCUT2D eigenvalue weighted by molar-refractivity contribution is 0.0903. The Morgan fingerprint density at radius 3 is 2.83 bits per heavy atom. The van der Waals surface area contributed by atoms with Crippen molar-refractivity contribution in [2.45, 2.75) is 19.3 Å². The number of nitrogens with zero attached hydrogens (tertiary/aromatic N) is 3. The average Bonchev–Trinajstić information content (AvgIpc) is 3.21. The van der Waals surface area contributed by atoms with Crippen LogP contribution in [-0.2, 0) is 12.8 Å². The number of fused-ring (bicyclic) bond motifs is 6. The van der Waals surface area contributed by atoms with Crippen LogP contribution in [0, 0.1) is 5.92 Å². The highest BCUT2D eigenvalue weighted by Crippen LogP contribution is 2.35. The van der Waals surface area contributed by atoms with Crippen LogP contribution in [0.5, 0.6) is 0 Å². The fourth-order valence-electron chi connectivity index (χ4n) is 4.78. The van der Waals surface area contributed by atoms with Gasteiger partial charge in [0.05, 0.1) is 11.2 Å². The predicted molar refractivity (Wildman–Crippen MR) is 119 cm³/mol. The molecule has 3 aromatic carbocycles. The van der Waals surface area contributed by atoms with Crippen molar-refractivity contribution in [2.24, 2.45) is 5.92 Å². The number of hydrogen-bond acceptors (Lipinski definition) is 3. The molecule has 1 aliphatic carbocycles. The second kappa shape index (κ2) is 6.64. The van der Waals surface area contributed by atoms with Gasteiger partial charge in [0.1, 0.15) is 5.69 Å². The number of rotatable bonds is 2. The Balaban J connectivity index is 1.36. The number of aryl methyl sites for hydroxylation is 1. The molecule has 1 unspecified atom stereocenters. The highest BCUT2D eigenvalue weighted by atomic mass is 35.5. The van der Waals surface area contributed by atoms with Crippen molar-refractivity contribution < 1.29 is 4.79 Å². The lowest BCUT2D eigenvalue weighted by Gasteiger charge is -2.24. The molecule has 4 nitrogen and oxygen atoms in total. The second-order valence-corrected chi connectivity index (χ2v) is 8.43. The van der Waals surface area contributed by atoms with Gasteiger partial charge < -0.3 is 0 Å². The molecule has 0 fully saturated rings. The molecule has 146 valence electrons. The zero-order valence-electron chi connectivity index (χ0n) is 16.2. The number of aromatic nitrogens is 3. The summed E-state index contributed by atoms with van der Waals surface area (Å²) in [5.74, 6) is 0.0247. The minimum atomic E-state index is -0.0595. The van der Waals surface area contributed by atoms with E-state index in [-0.39, 0.29) is 11.7 Å². The molecule has 0 radical (unpaired) electrons. The normalized spacial score (nSPS) is 16.2.